The Morgan fingerprint density at radius 3 is 2.70 bits per heavy atom. The van der Waals surface area contributed by atoms with E-state index in [-0.39, 0.29) is 16.0 Å². The summed E-state index contributed by atoms with van der Waals surface area (Å²) in [6.45, 7) is 0.922. The molecule has 0 N–H and O–H groups in total. The summed E-state index contributed by atoms with van der Waals surface area (Å²) in [7, 11) is -3.56. The number of rotatable bonds is 4. The van der Waals surface area contributed by atoms with E-state index in [1.807, 2.05) is 0 Å². The Morgan fingerprint density at radius 2 is 1.96 bits per heavy atom. The summed E-state index contributed by atoms with van der Waals surface area (Å²) in [6.07, 6.45) is 4.78. The molecule has 6 nitrogen and oxygen atoms in total. The Hall–Kier alpha value is -1.44. The van der Waals surface area contributed by atoms with Gasteiger partial charge < -0.3 is 4.57 Å². The number of sulfonamides is 1. The van der Waals surface area contributed by atoms with E-state index < -0.39 is 10.0 Å². The third kappa shape index (κ3) is 2.66. The van der Waals surface area contributed by atoms with Crippen LogP contribution in [0.5, 0.6) is 0 Å². The van der Waals surface area contributed by atoms with Crippen LogP contribution in [-0.2, 0) is 10.0 Å². The molecule has 1 atom stereocenters. The van der Waals surface area contributed by atoms with E-state index in [0.29, 0.717) is 19.0 Å². The van der Waals surface area contributed by atoms with Crippen molar-refractivity contribution in [2.75, 3.05) is 13.1 Å². The topological polar surface area (TPSA) is 68.1 Å². The monoisotopic (exact) mass is 352 g/mol. The van der Waals surface area contributed by atoms with Crippen LogP contribution in [0.15, 0.2) is 35.5 Å². The van der Waals surface area contributed by atoms with Gasteiger partial charge in [0.2, 0.25) is 10.0 Å². The fraction of sp³-hybridized carbons (Fsp3) is 0.467. The third-order valence-electron chi connectivity index (χ3n) is 4.52. The Morgan fingerprint density at radius 1 is 1.17 bits per heavy atom. The maximum absolute atomic E-state index is 12.8. The number of halogens is 1. The first-order valence-corrected chi connectivity index (χ1v) is 9.53. The normalized spacial score (nSPS) is 22.6. The summed E-state index contributed by atoms with van der Waals surface area (Å²) in [4.78, 5) is 0.175. The zero-order valence-electron chi connectivity index (χ0n) is 12.5. The van der Waals surface area contributed by atoms with Gasteiger partial charge in [0.25, 0.3) is 0 Å². The van der Waals surface area contributed by atoms with Gasteiger partial charge in [0.05, 0.1) is 11.1 Å². The molecule has 1 aromatic heterocycles. The summed E-state index contributed by atoms with van der Waals surface area (Å²) in [5, 5.41) is 8.48. The lowest BCUT2D eigenvalue weighted by atomic mass is 10.2. The van der Waals surface area contributed by atoms with Crippen molar-refractivity contribution in [3.8, 4) is 0 Å². The van der Waals surface area contributed by atoms with Crippen LogP contribution < -0.4 is 0 Å². The molecular formula is C15H17ClN4O2S. The largest absolute Gasteiger partial charge is 0.313 e. The van der Waals surface area contributed by atoms with E-state index >= 15 is 0 Å². The highest BCUT2D eigenvalue weighted by Crippen LogP contribution is 2.40. The van der Waals surface area contributed by atoms with Crippen molar-refractivity contribution < 1.29 is 8.42 Å². The van der Waals surface area contributed by atoms with Crippen LogP contribution in [0, 0.1) is 0 Å². The predicted octanol–water partition coefficient (Wildman–Crippen LogP) is 2.44. The van der Waals surface area contributed by atoms with Crippen molar-refractivity contribution in [2.24, 2.45) is 0 Å². The SMILES string of the molecule is O=S(=O)(c1ccccc1Cl)N1CCC(n2cnnc2C2CC2)C1. The van der Waals surface area contributed by atoms with Gasteiger partial charge >= 0.3 is 0 Å². The van der Waals surface area contributed by atoms with Gasteiger partial charge in [-0.25, -0.2) is 8.42 Å². The average Bonchev–Trinajstić information content (AvgIpc) is 3.06. The first-order valence-electron chi connectivity index (χ1n) is 7.71. The van der Waals surface area contributed by atoms with Crippen LogP contribution in [0.2, 0.25) is 5.02 Å². The molecule has 1 saturated heterocycles. The molecule has 8 heteroatoms. The summed E-state index contributed by atoms with van der Waals surface area (Å²) in [6, 6.07) is 6.68. The number of nitrogens with zero attached hydrogens (tertiary/aromatic N) is 4. The molecule has 1 aromatic carbocycles. The van der Waals surface area contributed by atoms with Crippen LogP contribution in [0.4, 0.5) is 0 Å². The standard InChI is InChI=1S/C15H17ClN4O2S/c16-13-3-1-2-4-14(13)23(21,22)19-8-7-12(9-19)20-10-17-18-15(20)11-5-6-11/h1-4,10-12H,5-9H2. The molecule has 4 rings (SSSR count). The maximum Gasteiger partial charge on any atom is 0.244 e. The molecule has 2 aromatic rings. The summed E-state index contributed by atoms with van der Waals surface area (Å²) >= 11 is 6.07. The summed E-state index contributed by atoms with van der Waals surface area (Å²) < 4.78 is 29.2. The number of benzene rings is 1. The van der Waals surface area contributed by atoms with Crippen molar-refractivity contribution in [1.82, 2.24) is 19.1 Å². The highest BCUT2D eigenvalue weighted by molar-refractivity contribution is 7.89. The second-order valence-electron chi connectivity index (χ2n) is 6.11. The predicted molar refractivity (Wildman–Crippen MR) is 85.9 cm³/mol. The highest BCUT2D eigenvalue weighted by Gasteiger charge is 2.37. The van der Waals surface area contributed by atoms with Gasteiger partial charge in [-0.3, -0.25) is 0 Å². The second kappa shape index (κ2) is 5.58. The molecule has 2 aliphatic rings. The first kappa shape index (κ1) is 15.1. The quantitative estimate of drug-likeness (QED) is 0.847. The molecule has 122 valence electrons. The molecule has 0 amide bonds. The van der Waals surface area contributed by atoms with E-state index in [0.717, 1.165) is 25.1 Å². The van der Waals surface area contributed by atoms with Gasteiger partial charge in [-0.2, -0.15) is 4.31 Å². The lowest BCUT2D eigenvalue weighted by Gasteiger charge is -2.18. The average molecular weight is 353 g/mol. The fourth-order valence-corrected chi connectivity index (χ4v) is 5.10. The Labute approximate surface area is 140 Å². The molecule has 0 spiro atoms. The van der Waals surface area contributed by atoms with Crippen molar-refractivity contribution in [2.45, 2.75) is 36.1 Å². The van der Waals surface area contributed by atoms with Gasteiger partial charge in [-0.1, -0.05) is 23.7 Å². The molecule has 2 fully saturated rings. The zero-order chi connectivity index (χ0) is 16.0. The number of aromatic nitrogens is 3. The van der Waals surface area contributed by atoms with E-state index in [2.05, 4.69) is 14.8 Å². The van der Waals surface area contributed by atoms with Gasteiger partial charge in [0.1, 0.15) is 17.0 Å². The fourth-order valence-electron chi connectivity index (χ4n) is 3.12. The lowest BCUT2D eigenvalue weighted by Crippen LogP contribution is -2.29. The smallest absolute Gasteiger partial charge is 0.244 e. The van der Waals surface area contributed by atoms with Gasteiger partial charge in [0.15, 0.2) is 0 Å². The molecule has 1 unspecified atom stereocenters. The van der Waals surface area contributed by atoms with E-state index in [9.17, 15) is 8.42 Å². The minimum absolute atomic E-state index is 0.0952. The number of hydrogen-bond donors (Lipinski definition) is 0. The van der Waals surface area contributed by atoms with E-state index in [4.69, 9.17) is 11.6 Å². The van der Waals surface area contributed by atoms with Gasteiger partial charge in [0, 0.05) is 19.0 Å². The molecule has 23 heavy (non-hydrogen) atoms. The van der Waals surface area contributed by atoms with Crippen LogP contribution in [-0.4, -0.2) is 40.6 Å². The lowest BCUT2D eigenvalue weighted by molar-refractivity contribution is 0.446. The summed E-state index contributed by atoms with van der Waals surface area (Å²) in [5.41, 5.74) is 0. The Bertz CT molecular complexity index is 832. The highest BCUT2D eigenvalue weighted by atomic mass is 35.5. The minimum Gasteiger partial charge on any atom is -0.313 e. The van der Waals surface area contributed by atoms with E-state index in [1.54, 1.807) is 30.6 Å². The minimum atomic E-state index is -3.56. The van der Waals surface area contributed by atoms with Gasteiger partial charge in [-0.15, -0.1) is 10.2 Å². The van der Waals surface area contributed by atoms with Crippen LogP contribution in [0.25, 0.3) is 0 Å². The first-order chi connectivity index (χ1) is 11.1. The van der Waals surface area contributed by atoms with Crippen molar-refractivity contribution in [1.29, 1.82) is 0 Å². The van der Waals surface area contributed by atoms with E-state index in [1.165, 1.54) is 4.31 Å². The molecule has 1 saturated carbocycles. The molecular weight excluding hydrogens is 336 g/mol. The van der Waals surface area contributed by atoms with Crippen LogP contribution in [0.3, 0.4) is 0 Å². The molecule has 1 aliphatic carbocycles. The van der Waals surface area contributed by atoms with Crippen molar-refractivity contribution in [3.05, 3.63) is 41.4 Å². The maximum atomic E-state index is 12.8. The Balaban J connectivity index is 1.58. The summed E-state index contributed by atoms with van der Waals surface area (Å²) in [5.74, 6) is 1.48. The molecule has 0 bridgehead atoms. The van der Waals surface area contributed by atoms with Crippen molar-refractivity contribution in [3.63, 3.8) is 0 Å². The molecule has 0 radical (unpaired) electrons. The van der Waals surface area contributed by atoms with Crippen LogP contribution >= 0.6 is 11.6 Å². The molecule has 1 aliphatic heterocycles. The second-order valence-corrected chi connectivity index (χ2v) is 8.42. The zero-order valence-corrected chi connectivity index (χ0v) is 14.0. The molecule has 2 heterocycles. The van der Waals surface area contributed by atoms with Crippen molar-refractivity contribution >= 4 is 21.6 Å². The van der Waals surface area contributed by atoms with Crippen LogP contribution in [0.1, 0.15) is 37.0 Å². The number of hydrogen-bond acceptors (Lipinski definition) is 4. The Kier molecular flexibility index (Phi) is 3.66. The third-order valence-corrected chi connectivity index (χ3v) is 6.88. The van der Waals surface area contributed by atoms with Gasteiger partial charge in [-0.05, 0) is 31.4 Å².